The van der Waals surface area contributed by atoms with Crippen LogP contribution in [0.5, 0.6) is 0 Å². The lowest BCUT2D eigenvalue weighted by Crippen LogP contribution is -2.47. The van der Waals surface area contributed by atoms with Crippen LogP contribution in [-0.4, -0.2) is 30.1 Å². The lowest BCUT2D eigenvalue weighted by atomic mass is 10.0. The van der Waals surface area contributed by atoms with Gasteiger partial charge in [-0.15, -0.1) is 0 Å². The van der Waals surface area contributed by atoms with Crippen LogP contribution in [0.2, 0.25) is 0 Å². The molecule has 0 aliphatic carbocycles. The van der Waals surface area contributed by atoms with E-state index in [4.69, 9.17) is 10.5 Å². The fourth-order valence-corrected chi connectivity index (χ4v) is 1.93. The Morgan fingerprint density at radius 2 is 2.00 bits per heavy atom. The molecule has 0 fully saturated rings. The first-order valence-corrected chi connectivity index (χ1v) is 6.66. The SMILES string of the molecule is CCN(Cc1ccccc1N)C(=O)C(C)(CC)OC. The lowest BCUT2D eigenvalue weighted by molar-refractivity contribution is -0.153. The van der Waals surface area contributed by atoms with E-state index in [1.54, 1.807) is 12.0 Å². The molecule has 0 saturated carbocycles. The fraction of sp³-hybridized carbons (Fsp3) is 0.533. The van der Waals surface area contributed by atoms with Crippen molar-refractivity contribution in [2.24, 2.45) is 0 Å². The van der Waals surface area contributed by atoms with Crippen LogP contribution in [0.3, 0.4) is 0 Å². The van der Waals surface area contributed by atoms with E-state index >= 15 is 0 Å². The maximum atomic E-state index is 12.5. The number of anilines is 1. The summed E-state index contributed by atoms with van der Waals surface area (Å²) in [4.78, 5) is 14.3. The third kappa shape index (κ3) is 3.47. The van der Waals surface area contributed by atoms with Gasteiger partial charge in [-0.3, -0.25) is 4.79 Å². The number of nitrogen functional groups attached to an aromatic ring is 1. The van der Waals surface area contributed by atoms with Crippen molar-refractivity contribution in [3.05, 3.63) is 29.8 Å². The van der Waals surface area contributed by atoms with Crippen LogP contribution in [0.25, 0.3) is 0 Å². The topological polar surface area (TPSA) is 55.6 Å². The summed E-state index contributed by atoms with van der Waals surface area (Å²) in [6.07, 6.45) is 0.642. The third-order valence-corrected chi connectivity index (χ3v) is 3.66. The quantitative estimate of drug-likeness (QED) is 0.803. The molecule has 106 valence electrons. The summed E-state index contributed by atoms with van der Waals surface area (Å²) in [6, 6.07) is 7.62. The summed E-state index contributed by atoms with van der Waals surface area (Å²) in [5, 5.41) is 0. The molecular formula is C15H24N2O2. The van der Waals surface area contributed by atoms with Crippen molar-refractivity contribution < 1.29 is 9.53 Å². The Bertz CT molecular complexity index is 428. The first-order chi connectivity index (χ1) is 8.98. The largest absolute Gasteiger partial charge is 0.398 e. The second-order valence-corrected chi connectivity index (χ2v) is 4.81. The van der Waals surface area contributed by atoms with Gasteiger partial charge in [0.15, 0.2) is 0 Å². The van der Waals surface area contributed by atoms with Crippen LogP contribution in [0.1, 0.15) is 32.8 Å². The molecule has 1 atom stereocenters. The highest BCUT2D eigenvalue weighted by atomic mass is 16.5. The van der Waals surface area contributed by atoms with E-state index in [1.807, 2.05) is 45.0 Å². The van der Waals surface area contributed by atoms with E-state index in [1.165, 1.54) is 0 Å². The number of likely N-dealkylation sites (N-methyl/N-ethyl adjacent to an activating group) is 1. The number of nitrogens with two attached hydrogens (primary N) is 1. The summed E-state index contributed by atoms with van der Waals surface area (Å²) < 4.78 is 5.38. The summed E-state index contributed by atoms with van der Waals surface area (Å²) in [6.45, 7) is 6.88. The van der Waals surface area contributed by atoms with Gasteiger partial charge in [-0.05, 0) is 31.9 Å². The highest BCUT2D eigenvalue weighted by Gasteiger charge is 2.34. The molecular weight excluding hydrogens is 240 g/mol. The number of methoxy groups -OCH3 is 1. The molecule has 0 saturated heterocycles. The average Bonchev–Trinajstić information content (AvgIpc) is 2.45. The minimum atomic E-state index is -0.764. The average molecular weight is 264 g/mol. The molecule has 0 radical (unpaired) electrons. The maximum Gasteiger partial charge on any atom is 0.254 e. The predicted octanol–water partition coefficient (Wildman–Crippen LogP) is 2.43. The van der Waals surface area contributed by atoms with E-state index in [9.17, 15) is 4.79 Å². The number of rotatable bonds is 6. The van der Waals surface area contributed by atoms with Crippen LogP contribution in [-0.2, 0) is 16.1 Å². The lowest BCUT2D eigenvalue weighted by Gasteiger charge is -2.32. The number of amides is 1. The monoisotopic (exact) mass is 264 g/mol. The Morgan fingerprint density at radius 1 is 1.37 bits per heavy atom. The fourth-order valence-electron chi connectivity index (χ4n) is 1.93. The highest BCUT2D eigenvalue weighted by molar-refractivity contribution is 5.84. The molecule has 1 amide bonds. The van der Waals surface area contributed by atoms with Crippen molar-refractivity contribution in [2.75, 3.05) is 19.4 Å². The highest BCUT2D eigenvalue weighted by Crippen LogP contribution is 2.21. The standard InChI is InChI=1S/C15H24N2O2/c1-5-15(3,19-4)14(18)17(6-2)11-12-9-7-8-10-13(12)16/h7-10H,5-6,11,16H2,1-4H3. The molecule has 0 aliphatic heterocycles. The minimum absolute atomic E-state index is 0.00301. The zero-order chi connectivity index (χ0) is 14.5. The molecule has 19 heavy (non-hydrogen) atoms. The molecule has 0 aromatic heterocycles. The number of carbonyl (C=O) groups excluding carboxylic acids is 1. The van der Waals surface area contributed by atoms with Crippen LogP contribution in [0.4, 0.5) is 5.69 Å². The number of ether oxygens (including phenoxy) is 1. The van der Waals surface area contributed by atoms with Crippen molar-refractivity contribution in [3.8, 4) is 0 Å². The Morgan fingerprint density at radius 3 is 2.47 bits per heavy atom. The van der Waals surface area contributed by atoms with Crippen LogP contribution < -0.4 is 5.73 Å². The molecule has 0 spiro atoms. The van der Waals surface area contributed by atoms with Crippen LogP contribution >= 0.6 is 0 Å². The normalized spacial score (nSPS) is 13.9. The summed E-state index contributed by atoms with van der Waals surface area (Å²) >= 11 is 0. The van der Waals surface area contributed by atoms with Gasteiger partial charge in [-0.2, -0.15) is 0 Å². The molecule has 1 aromatic carbocycles. The van der Waals surface area contributed by atoms with Gasteiger partial charge in [0.2, 0.25) is 0 Å². The van der Waals surface area contributed by atoms with Crippen LogP contribution in [0.15, 0.2) is 24.3 Å². The Balaban J connectivity index is 2.90. The van der Waals surface area contributed by atoms with Crippen LogP contribution in [0, 0.1) is 0 Å². The summed E-state index contributed by atoms with van der Waals surface area (Å²) in [5.41, 5.74) is 6.84. The number of hydrogen-bond donors (Lipinski definition) is 1. The van der Waals surface area contributed by atoms with Gasteiger partial charge in [-0.25, -0.2) is 0 Å². The second-order valence-electron chi connectivity index (χ2n) is 4.81. The first kappa shape index (κ1) is 15.5. The number of carbonyl (C=O) groups is 1. The number of para-hydroxylation sites is 1. The zero-order valence-electron chi connectivity index (χ0n) is 12.3. The molecule has 4 nitrogen and oxygen atoms in total. The Hall–Kier alpha value is -1.55. The first-order valence-electron chi connectivity index (χ1n) is 6.66. The van der Waals surface area contributed by atoms with E-state index in [0.717, 1.165) is 5.56 Å². The van der Waals surface area contributed by atoms with Gasteiger partial charge in [0.25, 0.3) is 5.91 Å². The van der Waals surface area contributed by atoms with Gasteiger partial charge in [0.1, 0.15) is 5.60 Å². The smallest absolute Gasteiger partial charge is 0.254 e. The summed E-state index contributed by atoms with van der Waals surface area (Å²) in [7, 11) is 1.58. The van der Waals surface area contributed by atoms with Crippen molar-refractivity contribution in [1.29, 1.82) is 0 Å². The third-order valence-electron chi connectivity index (χ3n) is 3.66. The molecule has 1 unspecified atom stereocenters. The minimum Gasteiger partial charge on any atom is -0.398 e. The second kappa shape index (κ2) is 6.57. The molecule has 2 N–H and O–H groups in total. The maximum absolute atomic E-state index is 12.5. The molecule has 1 aromatic rings. The van der Waals surface area contributed by atoms with E-state index < -0.39 is 5.60 Å². The molecule has 1 rings (SSSR count). The van der Waals surface area contributed by atoms with Crippen molar-refractivity contribution >= 4 is 11.6 Å². The molecule has 0 aliphatic rings. The zero-order valence-corrected chi connectivity index (χ0v) is 12.3. The van der Waals surface area contributed by atoms with E-state index in [-0.39, 0.29) is 5.91 Å². The van der Waals surface area contributed by atoms with Gasteiger partial charge >= 0.3 is 0 Å². The van der Waals surface area contributed by atoms with E-state index in [2.05, 4.69) is 0 Å². The van der Waals surface area contributed by atoms with Crippen molar-refractivity contribution in [3.63, 3.8) is 0 Å². The number of nitrogens with zero attached hydrogens (tertiary/aromatic N) is 1. The van der Waals surface area contributed by atoms with Crippen molar-refractivity contribution in [1.82, 2.24) is 4.90 Å². The van der Waals surface area contributed by atoms with E-state index in [0.29, 0.717) is 25.2 Å². The summed E-state index contributed by atoms with van der Waals surface area (Å²) in [5.74, 6) is 0.00301. The van der Waals surface area contributed by atoms with Gasteiger partial charge < -0.3 is 15.4 Å². The Labute approximate surface area is 115 Å². The van der Waals surface area contributed by atoms with Crippen molar-refractivity contribution in [2.45, 2.75) is 39.3 Å². The van der Waals surface area contributed by atoms with Gasteiger partial charge in [0, 0.05) is 25.9 Å². The molecule has 0 heterocycles. The molecule has 4 heteroatoms. The van der Waals surface area contributed by atoms with Gasteiger partial charge in [-0.1, -0.05) is 25.1 Å². The predicted molar refractivity (Wildman–Crippen MR) is 77.7 cm³/mol. The Kier molecular flexibility index (Phi) is 5.36. The number of benzene rings is 1. The van der Waals surface area contributed by atoms with Gasteiger partial charge in [0.05, 0.1) is 0 Å². The molecule has 0 bridgehead atoms. The number of hydrogen-bond acceptors (Lipinski definition) is 3.